The van der Waals surface area contributed by atoms with Crippen LogP contribution in [0.15, 0.2) is 0 Å². The molecule has 0 N–H and O–H groups in total. The van der Waals surface area contributed by atoms with Gasteiger partial charge in [0.1, 0.15) is 0 Å². The summed E-state index contributed by atoms with van der Waals surface area (Å²) in [5.74, 6) is 0. The van der Waals surface area contributed by atoms with Crippen LogP contribution in [0.2, 0.25) is 9.50 Å². The number of hydrogen-bond acceptors (Lipinski definition) is 1. The minimum atomic E-state index is -1.16. The Balaban J connectivity index is 4.26. The van der Waals surface area contributed by atoms with E-state index in [1.165, 1.54) is 13.1 Å². The molecule has 0 aromatic heterocycles. The molecule has 0 aliphatic rings. The first-order valence-corrected chi connectivity index (χ1v) is 9.16. The van der Waals surface area contributed by atoms with Crippen molar-refractivity contribution in [3.05, 3.63) is 0 Å². The summed E-state index contributed by atoms with van der Waals surface area (Å²) >= 11 is -1.16. The molecule has 0 spiro atoms. The van der Waals surface area contributed by atoms with E-state index in [1.807, 2.05) is 0 Å². The van der Waals surface area contributed by atoms with Crippen molar-refractivity contribution in [3.8, 4) is 0 Å². The van der Waals surface area contributed by atoms with Crippen molar-refractivity contribution in [1.29, 1.82) is 0 Å². The molecule has 0 aliphatic heterocycles. The first-order chi connectivity index (χ1) is 5.54. The molecule has 0 aromatic rings. The van der Waals surface area contributed by atoms with Gasteiger partial charge < -0.3 is 0 Å². The summed E-state index contributed by atoms with van der Waals surface area (Å²) in [7, 11) is 0. The van der Waals surface area contributed by atoms with E-state index in [-0.39, 0.29) is 0 Å². The van der Waals surface area contributed by atoms with Gasteiger partial charge in [-0.3, -0.25) is 0 Å². The van der Waals surface area contributed by atoms with Gasteiger partial charge in [0.2, 0.25) is 0 Å². The van der Waals surface area contributed by atoms with Crippen molar-refractivity contribution >= 4 is 14.6 Å². The van der Waals surface area contributed by atoms with Gasteiger partial charge in [0, 0.05) is 0 Å². The molecule has 0 bridgehead atoms. The van der Waals surface area contributed by atoms with Crippen LogP contribution in [-0.2, 0) is 0 Å². The molecule has 0 saturated heterocycles. The summed E-state index contributed by atoms with van der Waals surface area (Å²) in [6.45, 7) is 16.7. The molecule has 0 fully saturated rings. The Morgan fingerprint density at radius 1 is 0.917 bits per heavy atom. The molecule has 0 aromatic carbocycles. The molecule has 0 aliphatic carbocycles. The Hall–Kier alpha value is 0.503. The summed E-state index contributed by atoms with van der Waals surface area (Å²) in [5.41, 5.74) is 0. The summed E-state index contributed by atoms with van der Waals surface area (Å²) in [5, 5.41) is 0. The van der Waals surface area contributed by atoms with Crippen LogP contribution in [0.5, 0.6) is 0 Å². The Morgan fingerprint density at radius 2 is 1.25 bits per heavy atom. The molecule has 74 valence electrons. The summed E-state index contributed by atoms with van der Waals surface area (Å²) in [6.07, 6.45) is 0. The monoisotopic (exact) mass is 233 g/mol. The molecule has 1 nitrogen and oxygen atoms in total. The van der Waals surface area contributed by atoms with Crippen LogP contribution < -0.4 is 0 Å². The van der Waals surface area contributed by atoms with E-state index in [0.717, 1.165) is 9.50 Å². The fourth-order valence-corrected chi connectivity index (χ4v) is 10.8. The third kappa shape index (κ3) is 3.48. The summed E-state index contributed by atoms with van der Waals surface area (Å²) in [4.78, 5) is 0. The zero-order valence-corrected chi connectivity index (χ0v) is 12.0. The molecule has 0 heterocycles. The standard InChI is InChI=1S/C10H25GeN/c1-7-12(8-2)11(9(3)4)10(5)6/h9-11H,7-8H2,1-6H3. The fraction of sp³-hybridized carbons (Fsp3) is 1.00. The maximum atomic E-state index is 2.75. The Kier molecular flexibility index (Phi) is 6.29. The topological polar surface area (TPSA) is 3.24 Å². The average molecular weight is 232 g/mol. The molecule has 2 heteroatoms. The zero-order valence-electron chi connectivity index (χ0n) is 9.59. The molecule has 0 amide bonds. The first-order valence-electron chi connectivity index (χ1n) is 5.28. The van der Waals surface area contributed by atoms with Crippen LogP contribution in [0.3, 0.4) is 0 Å². The Morgan fingerprint density at radius 3 is 1.33 bits per heavy atom. The van der Waals surface area contributed by atoms with Gasteiger partial charge in [-0.2, -0.15) is 0 Å². The average Bonchev–Trinajstić information content (AvgIpc) is 1.98. The van der Waals surface area contributed by atoms with Gasteiger partial charge in [-0.25, -0.2) is 0 Å². The molecule has 0 radical (unpaired) electrons. The molecule has 0 rings (SSSR count). The van der Waals surface area contributed by atoms with Crippen molar-refractivity contribution in [2.45, 2.75) is 51.0 Å². The molecule has 0 saturated carbocycles. The second kappa shape index (κ2) is 6.03. The molecular formula is C10H25GeN. The number of hydrogen-bond donors (Lipinski definition) is 0. The van der Waals surface area contributed by atoms with E-state index in [2.05, 4.69) is 45.4 Å². The first kappa shape index (κ1) is 12.5. The van der Waals surface area contributed by atoms with Crippen molar-refractivity contribution in [2.75, 3.05) is 13.1 Å². The van der Waals surface area contributed by atoms with E-state index in [0.29, 0.717) is 0 Å². The van der Waals surface area contributed by atoms with Gasteiger partial charge in [-0.1, -0.05) is 0 Å². The van der Waals surface area contributed by atoms with E-state index in [9.17, 15) is 0 Å². The van der Waals surface area contributed by atoms with Crippen LogP contribution in [0.25, 0.3) is 0 Å². The molecule has 12 heavy (non-hydrogen) atoms. The Labute approximate surface area is 82.9 Å². The van der Waals surface area contributed by atoms with Crippen molar-refractivity contribution in [3.63, 3.8) is 0 Å². The summed E-state index contributed by atoms with van der Waals surface area (Å²) < 4.78 is 4.66. The van der Waals surface area contributed by atoms with Crippen molar-refractivity contribution in [2.24, 2.45) is 0 Å². The third-order valence-corrected chi connectivity index (χ3v) is 11.6. The maximum absolute atomic E-state index is 2.75. The van der Waals surface area contributed by atoms with Gasteiger partial charge in [-0.15, -0.1) is 0 Å². The van der Waals surface area contributed by atoms with Crippen LogP contribution in [0.1, 0.15) is 41.5 Å². The van der Waals surface area contributed by atoms with E-state index < -0.39 is 14.6 Å². The van der Waals surface area contributed by atoms with Crippen molar-refractivity contribution < 1.29 is 0 Å². The molecule has 0 atom stereocenters. The minimum absolute atomic E-state index is 0.956. The van der Waals surface area contributed by atoms with Crippen LogP contribution in [0, 0.1) is 0 Å². The second-order valence-corrected chi connectivity index (χ2v) is 13.4. The fourth-order valence-electron chi connectivity index (χ4n) is 2.26. The van der Waals surface area contributed by atoms with Crippen molar-refractivity contribution in [1.82, 2.24) is 3.86 Å². The van der Waals surface area contributed by atoms with Crippen LogP contribution in [0.4, 0.5) is 0 Å². The Bertz CT molecular complexity index is 100. The number of rotatable bonds is 5. The van der Waals surface area contributed by atoms with Crippen LogP contribution >= 0.6 is 0 Å². The molecule has 0 unspecified atom stereocenters. The normalized spacial score (nSPS) is 12.5. The predicted octanol–water partition coefficient (Wildman–Crippen LogP) is 2.87. The van der Waals surface area contributed by atoms with Gasteiger partial charge in [0.25, 0.3) is 0 Å². The zero-order chi connectivity index (χ0) is 9.72. The quantitative estimate of drug-likeness (QED) is 0.658. The van der Waals surface area contributed by atoms with Gasteiger partial charge in [0.05, 0.1) is 0 Å². The summed E-state index contributed by atoms with van der Waals surface area (Å²) in [6, 6.07) is 0. The van der Waals surface area contributed by atoms with Crippen LogP contribution in [-0.4, -0.2) is 31.5 Å². The van der Waals surface area contributed by atoms with Gasteiger partial charge >= 0.3 is 82.6 Å². The van der Waals surface area contributed by atoms with E-state index in [1.54, 1.807) is 0 Å². The van der Waals surface area contributed by atoms with Gasteiger partial charge in [0.15, 0.2) is 0 Å². The molecular weight excluding hydrogens is 207 g/mol. The van der Waals surface area contributed by atoms with E-state index >= 15 is 0 Å². The number of nitrogens with zero attached hydrogens (tertiary/aromatic N) is 1. The second-order valence-electron chi connectivity index (χ2n) is 4.20. The van der Waals surface area contributed by atoms with E-state index in [4.69, 9.17) is 0 Å². The SMILES string of the molecule is CC[N](CC)[GeH]([CH](C)C)[CH](C)C. The third-order valence-electron chi connectivity index (χ3n) is 2.60. The van der Waals surface area contributed by atoms with Gasteiger partial charge in [-0.05, 0) is 0 Å². The predicted molar refractivity (Wildman–Crippen MR) is 60.3 cm³/mol.